The molecular weight excluding hydrogens is 333 g/mol. The largest absolute Gasteiger partial charge is 0.494 e. The number of sulfonamides is 1. The second-order valence-electron chi connectivity index (χ2n) is 5.60. The van der Waals surface area contributed by atoms with Crippen LogP contribution in [-0.2, 0) is 16.4 Å². The maximum absolute atomic E-state index is 13.8. The van der Waals surface area contributed by atoms with Crippen molar-refractivity contribution in [2.45, 2.75) is 24.3 Å². The van der Waals surface area contributed by atoms with Crippen LogP contribution in [-0.4, -0.2) is 22.1 Å². The summed E-state index contributed by atoms with van der Waals surface area (Å²) < 4.78 is 51.7. The smallest absolute Gasteiger partial charge is 0.241 e. The van der Waals surface area contributed by atoms with E-state index in [-0.39, 0.29) is 10.6 Å². The van der Waals surface area contributed by atoms with Crippen LogP contribution in [0.3, 0.4) is 0 Å². The SMILES string of the molecule is COc1ccc([C@@H](C)NS(=O)(=O)c2ccc3c(c2)CCO3)cc1F. The number of methoxy groups -OCH3 is 1. The topological polar surface area (TPSA) is 64.6 Å². The summed E-state index contributed by atoms with van der Waals surface area (Å²) in [5.41, 5.74) is 1.39. The highest BCUT2D eigenvalue weighted by Gasteiger charge is 2.22. The lowest BCUT2D eigenvalue weighted by molar-refractivity contribution is 0.356. The van der Waals surface area contributed by atoms with Crippen molar-refractivity contribution in [2.24, 2.45) is 0 Å². The molecule has 1 atom stereocenters. The molecule has 0 saturated carbocycles. The van der Waals surface area contributed by atoms with Crippen molar-refractivity contribution in [3.05, 3.63) is 53.3 Å². The summed E-state index contributed by atoms with van der Waals surface area (Å²) >= 11 is 0. The van der Waals surface area contributed by atoms with E-state index in [9.17, 15) is 12.8 Å². The summed E-state index contributed by atoms with van der Waals surface area (Å²) in [5, 5.41) is 0. The first-order chi connectivity index (χ1) is 11.4. The van der Waals surface area contributed by atoms with Crippen LogP contribution in [0.5, 0.6) is 11.5 Å². The van der Waals surface area contributed by atoms with E-state index in [1.807, 2.05) is 0 Å². The highest BCUT2D eigenvalue weighted by atomic mass is 32.2. The molecule has 2 aromatic carbocycles. The van der Waals surface area contributed by atoms with Crippen molar-refractivity contribution in [1.29, 1.82) is 0 Å². The molecule has 3 rings (SSSR count). The molecule has 1 N–H and O–H groups in total. The van der Waals surface area contributed by atoms with Crippen LogP contribution in [0.15, 0.2) is 41.3 Å². The molecule has 0 unspecified atom stereocenters. The second-order valence-corrected chi connectivity index (χ2v) is 7.32. The van der Waals surface area contributed by atoms with Gasteiger partial charge in [-0.25, -0.2) is 17.5 Å². The van der Waals surface area contributed by atoms with Crippen LogP contribution in [0, 0.1) is 5.82 Å². The normalized spacial score (nSPS) is 14.8. The number of hydrogen-bond donors (Lipinski definition) is 1. The summed E-state index contributed by atoms with van der Waals surface area (Å²) in [6.07, 6.45) is 0.692. The highest BCUT2D eigenvalue weighted by molar-refractivity contribution is 7.89. The Morgan fingerprint density at radius 3 is 2.75 bits per heavy atom. The zero-order valence-corrected chi connectivity index (χ0v) is 14.2. The number of halogens is 1. The standard InChI is InChI=1S/C17H18FNO4S/c1-11(12-3-5-17(22-2)15(18)10-12)19-24(20,21)14-4-6-16-13(9-14)7-8-23-16/h3-6,9-11,19H,7-8H2,1-2H3/t11-/m1/s1. The van der Waals surface area contributed by atoms with Gasteiger partial charge in [0.15, 0.2) is 11.6 Å². The Labute approximate surface area is 140 Å². The molecule has 0 aromatic heterocycles. The highest BCUT2D eigenvalue weighted by Crippen LogP contribution is 2.28. The molecule has 0 saturated heterocycles. The van der Waals surface area contributed by atoms with Crippen molar-refractivity contribution in [1.82, 2.24) is 4.72 Å². The molecule has 0 amide bonds. The Hall–Kier alpha value is -2.12. The van der Waals surface area contributed by atoms with Gasteiger partial charge in [-0.1, -0.05) is 6.07 Å². The van der Waals surface area contributed by atoms with E-state index in [2.05, 4.69) is 4.72 Å². The predicted molar refractivity (Wildman–Crippen MR) is 87.3 cm³/mol. The molecule has 0 aliphatic carbocycles. The summed E-state index contributed by atoms with van der Waals surface area (Å²) in [6.45, 7) is 2.23. The van der Waals surface area contributed by atoms with Crippen LogP contribution in [0.25, 0.3) is 0 Å². The molecular formula is C17H18FNO4S. The lowest BCUT2D eigenvalue weighted by atomic mass is 10.1. The molecule has 0 fully saturated rings. The van der Waals surface area contributed by atoms with Crippen LogP contribution in [0.1, 0.15) is 24.1 Å². The third-order valence-corrected chi connectivity index (χ3v) is 5.52. The molecule has 1 heterocycles. The molecule has 2 aromatic rings. The average Bonchev–Trinajstić information content (AvgIpc) is 3.02. The summed E-state index contributed by atoms with van der Waals surface area (Å²) in [6, 6.07) is 8.57. The fourth-order valence-corrected chi connectivity index (χ4v) is 3.93. The van der Waals surface area contributed by atoms with Crippen molar-refractivity contribution in [3.63, 3.8) is 0 Å². The van der Waals surface area contributed by atoms with Crippen molar-refractivity contribution in [3.8, 4) is 11.5 Å². The Bertz CT molecular complexity index is 867. The van der Waals surface area contributed by atoms with Gasteiger partial charge in [-0.05, 0) is 48.4 Å². The summed E-state index contributed by atoms with van der Waals surface area (Å²) in [7, 11) is -2.34. The fraction of sp³-hybridized carbons (Fsp3) is 0.294. The second kappa shape index (κ2) is 6.41. The molecule has 24 heavy (non-hydrogen) atoms. The van der Waals surface area contributed by atoms with Crippen molar-refractivity contribution in [2.75, 3.05) is 13.7 Å². The Morgan fingerprint density at radius 2 is 2.04 bits per heavy atom. The van der Waals surface area contributed by atoms with Crippen LogP contribution < -0.4 is 14.2 Å². The van der Waals surface area contributed by atoms with Gasteiger partial charge < -0.3 is 9.47 Å². The first kappa shape index (κ1) is 16.7. The molecule has 5 nitrogen and oxygen atoms in total. The van der Waals surface area contributed by atoms with E-state index >= 15 is 0 Å². The van der Waals surface area contributed by atoms with Gasteiger partial charge in [0.05, 0.1) is 18.6 Å². The zero-order chi connectivity index (χ0) is 17.3. The first-order valence-corrected chi connectivity index (χ1v) is 9.00. The molecule has 7 heteroatoms. The third-order valence-electron chi connectivity index (χ3n) is 3.98. The maximum Gasteiger partial charge on any atom is 0.241 e. The summed E-state index contributed by atoms with van der Waals surface area (Å²) in [4.78, 5) is 0.174. The molecule has 0 spiro atoms. The number of rotatable bonds is 5. The number of benzene rings is 2. The Balaban J connectivity index is 1.82. The molecule has 1 aliphatic rings. The van der Waals surface area contributed by atoms with Crippen LogP contribution >= 0.6 is 0 Å². The van der Waals surface area contributed by atoms with Gasteiger partial charge in [-0.15, -0.1) is 0 Å². The monoisotopic (exact) mass is 351 g/mol. The van der Waals surface area contributed by atoms with Gasteiger partial charge in [0.2, 0.25) is 10.0 Å². The number of ether oxygens (including phenoxy) is 2. The lowest BCUT2D eigenvalue weighted by Gasteiger charge is -2.16. The van der Waals surface area contributed by atoms with E-state index in [0.717, 1.165) is 11.3 Å². The molecule has 0 radical (unpaired) electrons. The fourth-order valence-electron chi connectivity index (χ4n) is 2.65. The predicted octanol–water partition coefficient (Wildman–Crippen LogP) is 2.81. The van der Waals surface area contributed by atoms with Gasteiger partial charge >= 0.3 is 0 Å². The van der Waals surface area contributed by atoms with E-state index in [0.29, 0.717) is 18.6 Å². The van der Waals surface area contributed by atoms with E-state index < -0.39 is 21.9 Å². The van der Waals surface area contributed by atoms with Gasteiger partial charge in [-0.3, -0.25) is 0 Å². The van der Waals surface area contributed by atoms with E-state index in [1.165, 1.54) is 25.3 Å². The molecule has 0 bridgehead atoms. The van der Waals surface area contributed by atoms with Crippen molar-refractivity contribution >= 4 is 10.0 Å². The Kier molecular flexibility index (Phi) is 4.47. The van der Waals surface area contributed by atoms with Gasteiger partial charge in [-0.2, -0.15) is 0 Å². The van der Waals surface area contributed by atoms with Crippen LogP contribution in [0.2, 0.25) is 0 Å². The van der Waals surface area contributed by atoms with Gasteiger partial charge in [0.1, 0.15) is 5.75 Å². The maximum atomic E-state index is 13.8. The van der Waals surface area contributed by atoms with E-state index in [4.69, 9.17) is 9.47 Å². The van der Waals surface area contributed by atoms with E-state index in [1.54, 1.807) is 25.1 Å². The molecule has 1 aliphatic heterocycles. The zero-order valence-electron chi connectivity index (χ0n) is 13.4. The Morgan fingerprint density at radius 1 is 1.25 bits per heavy atom. The number of nitrogens with one attached hydrogen (secondary N) is 1. The van der Waals surface area contributed by atoms with Crippen LogP contribution in [0.4, 0.5) is 4.39 Å². The number of hydrogen-bond acceptors (Lipinski definition) is 4. The quantitative estimate of drug-likeness (QED) is 0.900. The lowest BCUT2D eigenvalue weighted by Crippen LogP contribution is -2.27. The minimum atomic E-state index is -3.72. The van der Waals surface area contributed by atoms with Crippen molar-refractivity contribution < 1.29 is 22.3 Å². The summed E-state index contributed by atoms with van der Waals surface area (Å²) in [5.74, 6) is 0.308. The first-order valence-electron chi connectivity index (χ1n) is 7.52. The third kappa shape index (κ3) is 3.22. The van der Waals surface area contributed by atoms with Gasteiger partial charge in [0, 0.05) is 12.5 Å². The minimum Gasteiger partial charge on any atom is -0.494 e. The van der Waals surface area contributed by atoms with Gasteiger partial charge in [0.25, 0.3) is 0 Å². The number of fused-ring (bicyclic) bond motifs is 1. The molecule has 128 valence electrons. The average molecular weight is 351 g/mol. The minimum absolute atomic E-state index is 0.118.